The molecule has 0 atom stereocenters. The van der Waals surface area contributed by atoms with Gasteiger partial charge in [0.05, 0.1) is 37.2 Å². The lowest BCUT2D eigenvalue weighted by atomic mass is 10.1. The minimum atomic E-state index is -0.319. The molecule has 0 spiro atoms. The second-order valence-corrected chi connectivity index (χ2v) is 6.85. The molecule has 7 heteroatoms. The molecule has 1 heterocycles. The molecule has 0 aliphatic carbocycles. The van der Waals surface area contributed by atoms with Crippen molar-refractivity contribution < 1.29 is 19.3 Å². The number of aliphatic hydroxyl groups is 1. The quantitative estimate of drug-likeness (QED) is 0.589. The fourth-order valence-corrected chi connectivity index (χ4v) is 2.10. The Hall–Kier alpha value is -1.02. The van der Waals surface area contributed by atoms with E-state index < -0.39 is 0 Å². The summed E-state index contributed by atoms with van der Waals surface area (Å²) in [5.41, 5.74) is 0.240. The van der Waals surface area contributed by atoms with Gasteiger partial charge in [-0.1, -0.05) is 5.21 Å². The number of aliphatic hydroxyl groups excluding tert-OH is 1. The zero-order valence-electron chi connectivity index (χ0n) is 15.0. The molecule has 1 N–H and O–H groups in total. The highest BCUT2D eigenvalue weighted by Gasteiger charge is 2.21. The van der Waals surface area contributed by atoms with Crippen molar-refractivity contribution in [3.05, 3.63) is 11.9 Å². The Balaban J connectivity index is 2.27. The van der Waals surface area contributed by atoms with Gasteiger partial charge in [-0.3, -0.25) is 4.68 Å². The second kappa shape index (κ2) is 9.32. The molecule has 23 heavy (non-hydrogen) atoms. The molecule has 1 rings (SSSR count). The molecule has 0 fully saturated rings. The normalized spacial score (nSPS) is 12.8. The summed E-state index contributed by atoms with van der Waals surface area (Å²) in [5.74, 6) is 0. The largest absolute Gasteiger partial charge is 0.396 e. The highest BCUT2D eigenvalue weighted by molar-refractivity contribution is 4.89. The highest BCUT2D eigenvalue weighted by Crippen LogP contribution is 2.17. The Kier molecular flexibility index (Phi) is 8.11. The van der Waals surface area contributed by atoms with E-state index in [1.807, 2.05) is 20.0 Å². The van der Waals surface area contributed by atoms with E-state index >= 15 is 0 Å². The average Bonchev–Trinajstić information content (AvgIpc) is 2.90. The first-order chi connectivity index (χ1) is 10.8. The number of aryl methyl sites for hydroxylation is 1. The minimum absolute atomic E-state index is 0.127. The van der Waals surface area contributed by atoms with E-state index in [0.717, 1.165) is 18.7 Å². The van der Waals surface area contributed by atoms with Crippen LogP contribution >= 0.6 is 0 Å². The molecule has 1 aromatic rings. The van der Waals surface area contributed by atoms with Crippen molar-refractivity contribution in [2.24, 2.45) is 0 Å². The summed E-state index contributed by atoms with van der Waals surface area (Å²) in [5, 5.41) is 17.1. The summed E-state index contributed by atoms with van der Waals surface area (Å²) in [6.07, 6.45) is 3.33. The van der Waals surface area contributed by atoms with Crippen LogP contribution in [0.25, 0.3) is 0 Å². The van der Waals surface area contributed by atoms with E-state index in [9.17, 15) is 0 Å². The zero-order valence-corrected chi connectivity index (χ0v) is 15.0. The van der Waals surface area contributed by atoms with Gasteiger partial charge in [0.2, 0.25) is 0 Å². The number of rotatable bonds is 12. The van der Waals surface area contributed by atoms with Crippen molar-refractivity contribution in [2.45, 2.75) is 64.9 Å². The molecule has 7 nitrogen and oxygen atoms in total. The SMILES string of the molecule is COCc1cn(CCC(C)(C)OCCOC(C)(C)CCO)nn1. The fraction of sp³-hybridized carbons (Fsp3) is 0.875. The van der Waals surface area contributed by atoms with Crippen LogP contribution in [0.4, 0.5) is 0 Å². The number of hydrogen-bond acceptors (Lipinski definition) is 6. The van der Waals surface area contributed by atoms with Gasteiger partial charge in [0.15, 0.2) is 0 Å². The summed E-state index contributed by atoms with van der Waals surface area (Å²) >= 11 is 0. The first-order valence-corrected chi connectivity index (χ1v) is 8.05. The second-order valence-electron chi connectivity index (χ2n) is 6.85. The summed E-state index contributed by atoms with van der Waals surface area (Å²) in [4.78, 5) is 0. The van der Waals surface area contributed by atoms with Crippen LogP contribution in [0.3, 0.4) is 0 Å². The van der Waals surface area contributed by atoms with Crippen LogP contribution in [0.15, 0.2) is 6.20 Å². The predicted molar refractivity (Wildman–Crippen MR) is 87.1 cm³/mol. The molecule has 1 aromatic heterocycles. The molecule has 0 unspecified atom stereocenters. The Bertz CT molecular complexity index is 446. The standard InChI is InChI=1S/C16H31N3O4/c1-15(2,22-10-11-23-16(3,4)7-9-20)6-8-19-12-14(13-21-5)17-18-19/h12,20H,6-11,13H2,1-5H3. The molecular weight excluding hydrogens is 298 g/mol. The molecule has 0 amide bonds. The lowest BCUT2D eigenvalue weighted by Crippen LogP contribution is -2.31. The fourth-order valence-electron chi connectivity index (χ4n) is 2.10. The Morgan fingerprint density at radius 3 is 2.26 bits per heavy atom. The van der Waals surface area contributed by atoms with Crippen molar-refractivity contribution in [2.75, 3.05) is 26.9 Å². The van der Waals surface area contributed by atoms with Crippen LogP contribution in [0, 0.1) is 0 Å². The van der Waals surface area contributed by atoms with Gasteiger partial charge in [0.1, 0.15) is 5.69 Å². The smallest absolute Gasteiger partial charge is 0.108 e. The van der Waals surface area contributed by atoms with Crippen molar-refractivity contribution >= 4 is 0 Å². The van der Waals surface area contributed by atoms with Crippen LogP contribution < -0.4 is 0 Å². The third-order valence-corrected chi connectivity index (χ3v) is 3.60. The molecule has 0 aliphatic heterocycles. The van der Waals surface area contributed by atoms with E-state index in [4.69, 9.17) is 19.3 Å². The number of nitrogens with zero attached hydrogens (tertiary/aromatic N) is 3. The third kappa shape index (κ3) is 8.41. The van der Waals surface area contributed by atoms with E-state index in [-0.39, 0.29) is 17.8 Å². The summed E-state index contributed by atoms with van der Waals surface area (Å²) in [6, 6.07) is 0. The molecule has 134 valence electrons. The molecule has 0 aromatic carbocycles. The van der Waals surface area contributed by atoms with Crippen molar-refractivity contribution in [3.63, 3.8) is 0 Å². The van der Waals surface area contributed by atoms with E-state index in [1.54, 1.807) is 11.8 Å². The Morgan fingerprint density at radius 2 is 1.70 bits per heavy atom. The maximum atomic E-state index is 8.97. The maximum absolute atomic E-state index is 8.97. The Morgan fingerprint density at radius 1 is 1.09 bits per heavy atom. The third-order valence-electron chi connectivity index (χ3n) is 3.60. The zero-order chi connectivity index (χ0) is 17.3. The molecule has 0 radical (unpaired) electrons. The molecule has 0 saturated carbocycles. The summed E-state index contributed by atoms with van der Waals surface area (Å²) in [7, 11) is 1.64. The molecule has 0 saturated heterocycles. The Labute approximate surface area is 138 Å². The van der Waals surface area contributed by atoms with Crippen LogP contribution in [0.2, 0.25) is 0 Å². The van der Waals surface area contributed by atoms with Gasteiger partial charge < -0.3 is 19.3 Å². The summed E-state index contributed by atoms with van der Waals surface area (Å²) < 4.78 is 18.5. The lowest BCUT2D eigenvalue weighted by Gasteiger charge is -2.28. The van der Waals surface area contributed by atoms with Crippen molar-refractivity contribution in [1.29, 1.82) is 0 Å². The van der Waals surface area contributed by atoms with Crippen molar-refractivity contribution in [3.8, 4) is 0 Å². The van der Waals surface area contributed by atoms with Gasteiger partial charge in [-0.2, -0.15) is 0 Å². The van der Waals surface area contributed by atoms with E-state index in [2.05, 4.69) is 24.2 Å². The lowest BCUT2D eigenvalue weighted by molar-refractivity contribution is -0.0927. The van der Waals surface area contributed by atoms with Gasteiger partial charge in [0, 0.05) is 20.3 Å². The number of hydrogen-bond donors (Lipinski definition) is 1. The van der Waals surface area contributed by atoms with Crippen molar-refractivity contribution in [1.82, 2.24) is 15.0 Å². The topological polar surface area (TPSA) is 78.6 Å². The number of ether oxygens (including phenoxy) is 3. The van der Waals surface area contributed by atoms with Crippen LogP contribution in [-0.4, -0.2) is 58.2 Å². The van der Waals surface area contributed by atoms with Gasteiger partial charge in [-0.25, -0.2) is 0 Å². The highest BCUT2D eigenvalue weighted by atomic mass is 16.5. The van der Waals surface area contributed by atoms with Crippen LogP contribution in [0.1, 0.15) is 46.2 Å². The van der Waals surface area contributed by atoms with Gasteiger partial charge in [0.25, 0.3) is 0 Å². The minimum Gasteiger partial charge on any atom is -0.396 e. The first kappa shape index (κ1) is 20.0. The molecular formula is C16H31N3O4. The van der Waals surface area contributed by atoms with E-state index in [0.29, 0.717) is 26.2 Å². The maximum Gasteiger partial charge on any atom is 0.108 e. The van der Waals surface area contributed by atoms with Gasteiger partial charge in [-0.15, -0.1) is 5.10 Å². The summed E-state index contributed by atoms with van der Waals surface area (Å²) in [6.45, 7) is 10.4. The monoisotopic (exact) mass is 329 g/mol. The van der Waals surface area contributed by atoms with Gasteiger partial charge in [-0.05, 0) is 40.5 Å². The van der Waals surface area contributed by atoms with Crippen LogP contribution in [0.5, 0.6) is 0 Å². The van der Waals surface area contributed by atoms with Gasteiger partial charge >= 0.3 is 0 Å². The average molecular weight is 329 g/mol. The first-order valence-electron chi connectivity index (χ1n) is 8.05. The molecule has 0 aliphatic rings. The van der Waals surface area contributed by atoms with Crippen LogP contribution in [-0.2, 0) is 27.4 Å². The number of aromatic nitrogens is 3. The predicted octanol–water partition coefficient (Wildman–Crippen LogP) is 1.79. The molecule has 0 bridgehead atoms. The van der Waals surface area contributed by atoms with E-state index in [1.165, 1.54) is 0 Å². The number of methoxy groups -OCH3 is 1.